The number of rotatable bonds is 4. The molecule has 0 aliphatic carbocycles. The summed E-state index contributed by atoms with van der Waals surface area (Å²) in [5.74, 6) is 0. The third kappa shape index (κ3) is 2.28. The van der Waals surface area contributed by atoms with Crippen LogP contribution < -0.4 is 0 Å². The SMILES string of the molecule is COCCn1cc(CO)nn1. The molecule has 11 heavy (non-hydrogen) atoms. The van der Waals surface area contributed by atoms with Gasteiger partial charge in [-0.3, -0.25) is 0 Å². The maximum absolute atomic E-state index is 8.63. The van der Waals surface area contributed by atoms with Crippen LogP contribution in [-0.4, -0.2) is 33.8 Å². The van der Waals surface area contributed by atoms with E-state index in [1.165, 1.54) is 0 Å². The van der Waals surface area contributed by atoms with Gasteiger partial charge in [-0.25, -0.2) is 4.68 Å². The molecule has 5 heteroatoms. The number of hydrogen-bond acceptors (Lipinski definition) is 4. The first-order valence-electron chi connectivity index (χ1n) is 3.35. The Morgan fingerprint density at radius 1 is 1.73 bits per heavy atom. The second-order valence-electron chi connectivity index (χ2n) is 2.12. The quantitative estimate of drug-likeness (QED) is 0.635. The van der Waals surface area contributed by atoms with Crippen LogP contribution in [0.4, 0.5) is 0 Å². The van der Waals surface area contributed by atoms with Crippen molar-refractivity contribution >= 4 is 0 Å². The largest absolute Gasteiger partial charge is 0.390 e. The van der Waals surface area contributed by atoms with Gasteiger partial charge in [-0.15, -0.1) is 5.10 Å². The molecule has 0 atom stereocenters. The second-order valence-corrected chi connectivity index (χ2v) is 2.12. The monoisotopic (exact) mass is 157 g/mol. The van der Waals surface area contributed by atoms with E-state index in [0.717, 1.165) is 0 Å². The van der Waals surface area contributed by atoms with Crippen LogP contribution in [-0.2, 0) is 17.9 Å². The molecule has 5 nitrogen and oxygen atoms in total. The van der Waals surface area contributed by atoms with Gasteiger partial charge < -0.3 is 9.84 Å². The highest BCUT2D eigenvalue weighted by molar-refractivity contribution is 4.88. The zero-order valence-corrected chi connectivity index (χ0v) is 6.40. The van der Waals surface area contributed by atoms with Crippen LogP contribution in [0.1, 0.15) is 5.69 Å². The lowest BCUT2D eigenvalue weighted by molar-refractivity contribution is 0.183. The van der Waals surface area contributed by atoms with Crippen LogP contribution in [0.2, 0.25) is 0 Å². The highest BCUT2D eigenvalue weighted by Crippen LogP contribution is 1.91. The van der Waals surface area contributed by atoms with Gasteiger partial charge in [0.15, 0.2) is 0 Å². The molecule has 0 bridgehead atoms. The molecule has 62 valence electrons. The molecular weight excluding hydrogens is 146 g/mol. The first-order valence-corrected chi connectivity index (χ1v) is 3.35. The number of aromatic nitrogens is 3. The van der Waals surface area contributed by atoms with Gasteiger partial charge in [-0.1, -0.05) is 5.21 Å². The molecule has 1 rings (SSSR count). The zero-order chi connectivity index (χ0) is 8.10. The van der Waals surface area contributed by atoms with E-state index in [9.17, 15) is 0 Å². The summed E-state index contributed by atoms with van der Waals surface area (Å²) in [4.78, 5) is 0. The van der Waals surface area contributed by atoms with Crippen LogP contribution in [0.15, 0.2) is 6.20 Å². The van der Waals surface area contributed by atoms with Crippen molar-refractivity contribution in [3.63, 3.8) is 0 Å². The Hall–Kier alpha value is -0.940. The minimum absolute atomic E-state index is 0.0625. The molecule has 0 fully saturated rings. The molecule has 1 N–H and O–H groups in total. The molecule has 0 saturated heterocycles. The second kappa shape index (κ2) is 4.05. The summed E-state index contributed by atoms with van der Waals surface area (Å²) in [7, 11) is 1.63. The van der Waals surface area contributed by atoms with Gasteiger partial charge in [-0.05, 0) is 0 Å². The van der Waals surface area contributed by atoms with Gasteiger partial charge in [0.05, 0.1) is 26.0 Å². The van der Waals surface area contributed by atoms with Crippen molar-refractivity contribution in [3.8, 4) is 0 Å². The van der Waals surface area contributed by atoms with Crippen molar-refractivity contribution in [2.75, 3.05) is 13.7 Å². The van der Waals surface area contributed by atoms with Crippen LogP contribution >= 0.6 is 0 Å². The van der Waals surface area contributed by atoms with E-state index in [0.29, 0.717) is 18.8 Å². The molecule has 0 amide bonds. The smallest absolute Gasteiger partial charge is 0.108 e. The van der Waals surface area contributed by atoms with E-state index >= 15 is 0 Å². The molecule has 0 aliphatic rings. The van der Waals surface area contributed by atoms with Crippen molar-refractivity contribution in [2.45, 2.75) is 13.2 Å². The van der Waals surface area contributed by atoms with Crippen LogP contribution in [0.25, 0.3) is 0 Å². The normalized spacial score (nSPS) is 10.4. The Morgan fingerprint density at radius 3 is 3.09 bits per heavy atom. The number of nitrogens with zero attached hydrogens (tertiary/aromatic N) is 3. The molecule has 0 aliphatic heterocycles. The highest BCUT2D eigenvalue weighted by atomic mass is 16.5. The van der Waals surface area contributed by atoms with Crippen molar-refractivity contribution < 1.29 is 9.84 Å². The average Bonchev–Trinajstić information content (AvgIpc) is 2.48. The Balaban J connectivity index is 2.44. The molecule has 0 unspecified atom stereocenters. The van der Waals surface area contributed by atoms with Gasteiger partial charge in [0, 0.05) is 7.11 Å². The third-order valence-corrected chi connectivity index (χ3v) is 1.27. The van der Waals surface area contributed by atoms with Gasteiger partial charge in [0.25, 0.3) is 0 Å². The van der Waals surface area contributed by atoms with E-state index in [-0.39, 0.29) is 6.61 Å². The Morgan fingerprint density at radius 2 is 2.55 bits per heavy atom. The molecule has 0 spiro atoms. The summed E-state index contributed by atoms with van der Waals surface area (Å²) in [6, 6.07) is 0. The van der Waals surface area contributed by atoms with Gasteiger partial charge >= 0.3 is 0 Å². The average molecular weight is 157 g/mol. The number of methoxy groups -OCH3 is 1. The molecule has 1 heterocycles. The fourth-order valence-corrected chi connectivity index (χ4v) is 0.705. The van der Waals surface area contributed by atoms with Crippen LogP contribution in [0.3, 0.4) is 0 Å². The standard InChI is InChI=1S/C6H11N3O2/c1-11-3-2-9-4-6(5-10)7-8-9/h4,10H,2-3,5H2,1H3. The van der Waals surface area contributed by atoms with E-state index < -0.39 is 0 Å². The lowest BCUT2D eigenvalue weighted by Crippen LogP contribution is -2.04. The zero-order valence-electron chi connectivity index (χ0n) is 6.40. The summed E-state index contributed by atoms with van der Waals surface area (Å²) >= 11 is 0. The Labute approximate surface area is 64.6 Å². The van der Waals surface area contributed by atoms with Crippen molar-refractivity contribution in [2.24, 2.45) is 0 Å². The highest BCUT2D eigenvalue weighted by Gasteiger charge is 1.96. The van der Waals surface area contributed by atoms with Crippen molar-refractivity contribution in [3.05, 3.63) is 11.9 Å². The predicted molar refractivity (Wildman–Crippen MR) is 37.8 cm³/mol. The predicted octanol–water partition coefficient (Wildman–Crippen LogP) is -0.583. The molecule has 0 saturated carbocycles. The minimum Gasteiger partial charge on any atom is -0.390 e. The van der Waals surface area contributed by atoms with Gasteiger partial charge in [0.2, 0.25) is 0 Å². The third-order valence-electron chi connectivity index (χ3n) is 1.27. The molecule has 0 radical (unpaired) electrons. The topological polar surface area (TPSA) is 60.2 Å². The fourth-order valence-electron chi connectivity index (χ4n) is 0.705. The molecule has 1 aromatic rings. The lowest BCUT2D eigenvalue weighted by atomic mass is 10.5. The molecule has 0 aromatic carbocycles. The number of ether oxygens (including phenoxy) is 1. The first-order chi connectivity index (χ1) is 5.36. The summed E-state index contributed by atoms with van der Waals surface area (Å²) in [5.41, 5.74) is 0.584. The van der Waals surface area contributed by atoms with E-state index in [4.69, 9.17) is 9.84 Å². The summed E-state index contributed by atoms with van der Waals surface area (Å²) < 4.78 is 6.47. The van der Waals surface area contributed by atoms with E-state index in [1.54, 1.807) is 18.0 Å². The Bertz CT molecular complexity index is 211. The maximum atomic E-state index is 8.63. The van der Waals surface area contributed by atoms with E-state index in [1.807, 2.05) is 0 Å². The number of aliphatic hydroxyl groups is 1. The first kappa shape index (κ1) is 8.16. The lowest BCUT2D eigenvalue weighted by Gasteiger charge is -1.96. The summed E-state index contributed by atoms with van der Waals surface area (Å²) in [5, 5.41) is 16.1. The number of hydrogen-bond donors (Lipinski definition) is 1. The number of aliphatic hydroxyl groups excluding tert-OH is 1. The van der Waals surface area contributed by atoms with Crippen LogP contribution in [0, 0.1) is 0 Å². The van der Waals surface area contributed by atoms with Gasteiger partial charge in [0.1, 0.15) is 5.69 Å². The van der Waals surface area contributed by atoms with Crippen molar-refractivity contribution in [1.29, 1.82) is 0 Å². The summed E-state index contributed by atoms with van der Waals surface area (Å²) in [6.07, 6.45) is 1.69. The fraction of sp³-hybridized carbons (Fsp3) is 0.667. The van der Waals surface area contributed by atoms with Gasteiger partial charge in [-0.2, -0.15) is 0 Å². The van der Waals surface area contributed by atoms with E-state index in [2.05, 4.69) is 10.3 Å². The molecule has 1 aromatic heterocycles. The Kier molecular flexibility index (Phi) is 3.00. The maximum Gasteiger partial charge on any atom is 0.108 e. The van der Waals surface area contributed by atoms with Crippen molar-refractivity contribution in [1.82, 2.24) is 15.0 Å². The minimum atomic E-state index is -0.0625. The van der Waals surface area contributed by atoms with Crippen LogP contribution in [0.5, 0.6) is 0 Å². The molecular formula is C6H11N3O2. The summed E-state index contributed by atoms with van der Waals surface area (Å²) in [6.45, 7) is 1.21.